The number of hydrogen-bond acceptors (Lipinski definition) is 2. The van der Waals surface area contributed by atoms with Crippen LogP contribution in [-0.4, -0.2) is 4.92 Å². The molecule has 0 radical (unpaired) electrons. The molecule has 0 bridgehead atoms. The maximum Gasteiger partial charge on any atom is 0.277 e. The van der Waals surface area contributed by atoms with Gasteiger partial charge in [0.25, 0.3) is 5.69 Å². The van der Waals surface area contributed by atoms with Crippen LogP contribution in [0.1, 0.15) is 0 Å². The van der Waals surface area contributed by atoms with E-state index in [0.717, 1.165) is 4.47 Å². The summed E-state index contributed by atoms with van der Waals surface area (Å²) >= 11 is 9.39. The van der Waals surface area contributed by atoms with Gasteiger partial charge in [0, 0.05) is 21.1 Å². The smallest absolute Gasteiger partial charge is 0.258 e. The van der Waals surface area contributed by atoms with Crippen molar-refractivity contribution in [1.29, 1.82) is 0 Å². The Labute approximate surface area is 111 Å². The van der Waals surface area contributed by atoms with E-state index < -0.39 is 4.92 Å². The van der Waals surface area contributed by atoms with Crippen LogP contribution in [0, 0.1) is 10.1 Å². The number of nitro benzene ring substituents is 1. The molecule has 0 saturated heterocycles. The summed E-state index contributed by atoms with van der Waals surface area (Å²) in [5, 5.41) is 11.4. The molecule has 3 nitrogen and oxygen atoms in total. The highest BCUT2D eigenvalue weighted by atomic mass is 79.9. The molecule has 17 heavy (non-hydrogen) atoms. The molecule has 0 aliphatic carbocycles. The second-order valence-electron chi connectivity index (χ2n) is 3.40. The van der Waals surface area contributed by atoms with Gasteiger partial charge in [0.2, 0.25) is 0 Å². The molecule has 0 N–H and O–H groups in total. The van der Waals surface area contributed by atoms with Crippen molar-refractivity contribution in [2.45, 2.75) is 0 Å². The van der Waals surface area contributed by atoms with Crippen molar-refractivity contribution < 1.29 is 4.92 Å². The van der Waals surface area contributed by atoms with Gasteiger partial charge in [0.15, 0.2) is 0 Å². The van der Waals surface area contributed by atoms with Gasteiger partial charge in [-0.05, 0) is 18.2 Å². The van der Waals surface area contributed by atoms with Crippen LogP contribution >= 0.6 is 27.5 Å². The fourth-order valence-electron chi connectivity index (χ4n) is 1.57. The molecule has 2 aromatic carbocycles. The van der Waals surface area contributed by atoms with Crippen LogP contribution in [-0.2, 0) is 0 Å². The van der Waals surface area contributed by atoms with Gasteiger partial charge >= 0.3 is 0 Å². The molecular formula is C12H7BrClNO2. The van der Waals surface area contributed by atoms with Crippen molar-refractivity contribution in [3.63, 3.8) is 0 Å². The topological polar surface area (TPSA) is 43.1 Å². The summed E-state index contributed by atoms with van der Waals surface area (Å²) < 4.78 is 0.838. The molecule has 0 amide bonds. The standard InChI is InChI=1S/C12H7BrClNO2/c13-8-5-6-9(11(14)7-8)10-3-1-2-4-12(10)15(16)17/h1-7H. The highest BCUT2D eigenvalue weighted by Gasteiger charge is 2.16. The summed E-state index contributed by atoms with van der Waals surface area (Å²) in [4.78, 5) is 10.5. The number of hydrogen-bond donors (Lipinski definition) is 0. The number of rotatable bonds is 2. The molecule has 0 aliphatic rings. The Bertz CT molecular complexity index is 586. The fraction of sp³-hybridized carbons (Fsp3) is 0. The Balaban J connectivity index is 2.64. The molecule has 0 saturated carbocycles. The molecule has 86 valence electrons. The predicted octanol–water partition coefficient (Wildman–Crippen LogP) is 4.68. The molecule has 0 atom stereocenters. The summed E-state index contributed by atoms with van der Waals surface area (Å²) in [5.74, 6) is 0. The third-order valence-electron chi connectivity index (χ3n) is 2.32. The van der Waals surface area contributed by atoms with E-state index in [1.165, 1.54) is 6.07 Å². The van der Waals surface area contributed by atoms with Crippen LogP contribution < -0.4 is 0 Å². The predicted molar refractivity (Wildman–Crippen MR) is 71.2 cm³/mol. The van der Waals surface area contributed by atoms with Crippen molar-refractivity contribution in [2.24, 2.45) is 0 Å². The lowest BCUT2D eigenvalue weighted by Crippen LogP contribution is -1.91. The molecule has 0 fully saturated rings. The minimum Gasteiger partial charge on any atom is -0.258 e. The number of nitro groups is 1. The zero-order valence-electron chi connectivity index (χ0n) is 8.56. The minimum atomic E-state index is -0.409. The van der Waals surface area contributed by atoms with Crippen molar-refractivity contribution in [3.05, 3.63) is 62.1 Å². The first-order chi connectivity index (χ1) is 8.09. The van der Waals surface area contributed by atoms with Crippen molar-refractivity contribution in [1.82, 2.24) is 0 Å². The van der Waals surface area contributed by atoms with E-state index in [1.807, 2.05) is 0 Å². The van der Waals surface area contributed by atoms with E-state index >= 15 is 0 Å². The van der Waals surface area contributed by atoms with E-state index in [0.29, 0.717) is 16.1 Å². The second kappa shape index (κ2) is 4.85. The van der Waals surface area contributed by atoms with Crippen LogP contribution in [0.15, 0.2) is 46.9 Å². The van der Waals surface area contributed by atoms with Gasteiger partial charge in [0.05, 0.1) is 10.5 Å². The molecule has 0 unspecified atom stereocenters. The lowest BCUT2D eigenvalue weighted by molar-refractivity contribution is -0.384. The quantitative estimate of drug-likeness (QED) is 0.597. The summed E-state index contributed by atoms with van der Waals surface area (Å²) in [6.07, 6.45) is 0. The normalized spacial score (nSPS) is 10.2. The van der Waals surface area contributed by atoms with Gasteiger partial charge in [-0.2, -0.15) is 0 Å². The molecule has 2 aromatic rings. The van der Waals surface area contributed by atoms with Crippen LogP contribution in [0.5, 0.6) is 0 Å². The molecule has 0 aromatic heterocycles. The maximum absolute atomic E-state index is 10.9. The number of para-hydroxylation sites is 1. The number of benzene rings is 2. The summed E-state index contributed by atoms with van der Waals surface area (Å²) in [5.41, 5.74) is 1.23. The largest absolute Gasteiger partial charge is 0.277 e. The average molecular weight is 313 g/mol. The molecule has 0 aliphatic heterocycles. The van der Waals surface area contributed by atoms with Crippen LogP contribution in [0.3, 0.4) is 0 Å². The molecular weight excluding hydrogens is 305 g/mol. The van der Waals surface area contributed by atoms with Gasteiger partial charge in [-0.1, -0.05) is 45.7 Å². The zero-order valence-corrected chi connectivity index (χ0v) is 10.9. The molecule has 2 rings (SSSR count). The summed E-state index contributed by atoms with van der Waals surface area (Å²) in [7, 11) is 0. The summed E-state index contributed by atoms with van der Waals surface area (Å²) in [6.45, 7) is 0. The van der Waals surface area contributed by atoms with Crippen LogP contribution in [0.25, 0.3) is 11.1 Å². The van der Waals surface area contributed by atoms with Crippen LogP contribution in [0.2, 0.25) is 5.02 Å². The van der Waals surface area contributed by atoms with Gasteiger partial charge in [0.1, 0.15) is 0 Å². The minimum absolute atomic E-state index is 0.0525. The second-order valence-corrected chi connectivity index (χ2v) is 4.72. The monoisotopic (exact) mass is 311 g/mol. The van der Waals surface area contributed by atoms with Crippen molar-refractivity contribution in [2.75, 3.05) is 0 Å². The van der Waals surface area contributed by atoms with E-state index in [2.05, 4.69) is 15.9 Å². The Hall–Kier alpha value is -1.39. The third kappa shape index (κ3) is 2.48. The van der Waals surface area contributed by atoms with E-state index in [9.17, 15) is 10.1 Å². The first-order valence-electron chi connectivity index (χ1n) is 4.78. The lowest BCUT2D eigenvalue weighted by Gasteiger charge is -2.05. The Morgan fingerprint density at radius 3 is 2.47 bits per heavy atom. The maximum atomic E-state index is 10.9. The van der Waals surface area contributed by atoms with Crippen molar-refractivity contribution in [3.8, 4) is 11.1 Å². The van der Waals surface area contributed by atoms with E-state index in [-0.39, 0.29) is 5.69 Å². The van der Waals surface area contributed by atoms with E-state index in [4.69, 9.17) is 11.6 Å². The van der Waals surface area contributed by atoms with Gasteiger partial charge < -0.3 is 0 Å². The van der Waals surface area contributed by atoms with E-state index in [1.54, 1.807) is 36.4 Å². The number of nitrogens with zero attached hydrogens (tertiary/aromatic N) is 1. The van der Waals surface area contributed by atoms with Gasteiger partial charge in [-0.15, -0.1) is 0 Å². The van der Waals surface area contributed by atoms with Gasteiger partial charge in [-0.3, -0.25) is 10.1 Å². The summed E-state index contributed by atoms with van der Waals surface area (Å²) in [6, 6.07) is 11.8. The SMILES string of the molecule is O=[N+]([O-])c1ccccc1-c1ccc(Br)cc1Cl. The Kier molecular flexibility index (Phi) is 3.45. The van der Waals surface area contributed by atoms with Gasteiger partial charge in [-0.25, -0.2) is 0 Å². The number of halogens is 2. The highest BCUT2D eigenvalue weighted by Crippen LogP contribution is 2.35. The third-order valence-corrected chi connectivity index (χ3v) is 3.13. The molecule has 0 heterocycles. The first-order valence-corrected chi connectivity index (χ1v) is 5.95. The van der Waals surface area contributed by atoms with Crippen LogP contribution in [0.4, 0.5) is 5.69 Å². The first kappa shape index (κ1) is 12.1. The molecule has 0 spiro atoms. The Morgan fingerprint density at radius 2 is 1.82 bits per heavy atom. The Morgan fingerprint density at radius 1 is 1.12 bits per heavy atom. The fourth-order valence-corrected chi connectivity index (χ4v) is 2.34. The van der Waals surface area contributed by atoms with Crippen molar-refractivity contribution >= 4 is 33.2 Å². The zero-order chi connectivity index (χ0) is 12.4. The molecule has 5 heteroatoms. The lowest BCUT2D eigenvalue weighted by atomic mass is 10.0. The highest BCUT2D eigenvalue weighted by molar-refractivity contribution is 9.10. The average Bonchev–Trinajstić information content (AvgIpc) is 2.29.